The van der Waals surface area contributed by atoms with Crippen molar-refractivity contribution in [3.05, 3.63) is 77.7 Å². The predicted molar refractivity (Wildman–Crippen MR) is 149 cm³/mol. The van der Waals surface area contributed by atoms with Gasteiger partial charge in [0.05, 0.1) is 31.0 Å². The highest BCUT2D eigenvalue weighted by atomic mass is 19.1. The van der Waals surface area contributed by atoms with Crippen molar-refractivity contribution in [2.45, 2.75) is 26.7 Å². The first-order valence-electron chi connectivity index (χ1n) is 12.6. The zero-order valence-corrected chi connectivity index (χ0v) is 23.0. The van der Waals surface area contributed by atoms with Crippen LogP contribution in [0.2, 0.25) is 0 Å². The molecule has 0 unspecified atom stereocenters. The summed E-state index contributed by atoms with van der Waals surface area (Å²) >= 11 is 0. The summed E-state index contributed by atoms with van der Waals surface area (Å²) in [5.41, 5.74) is 1.66. The number of amides is 1. The van der Waals surface area contributed by atoms with Crippen LogP contribution in [0.15, 0.2) is 59.3 Å². The molecule has 1 aromatic carbocycles. The molecule has 41 heavy (non-hydrogen) atoms. The number of fused-ring (bicyclic) bond motifs is 1. The summed E-state index contributed by atoms with van der Waals surface area (Å²) in [4.78, 5) is 26.0. The van der Waals surface area contributed by atoms with Crippen LogP contribution in [0.25, 0.3) is 22.4 Å². The lowest BCUT2D eigenvalue weighted by atomic mass is 10.1. The molecule has 0 bridgehead atoms. The van der Waals surface area contributed by atoms with Gasteiger partial charge in [0.2, 0.25) is 0 Å². The van der Waals surface area contributed by atoms with Crippen LogP contribution in [-0.4, -0.2) is 40.2 Å². The molecule has 0 aliphatic carbocycles. The zero-order chi connectivity index (χ0) is 29.3. The Morgan fingerprint density at radius 1 is 1.02 bits per heavy atom. The molecule has 2 N–H and O–H groups in total. The number of carbonyl (C=O) groups excluding carboxylic acids is 1. The van der Waals surface area contributed by atoms with E-state index in [2.05, 4.69) is 20.3 Å². The number of anilines is 1. The summed E-state index contributed by atoms with van der Waals surface area (Å²) in [5.74, 6) is 0.330. The summed E-state index contributed by atoms with van der Waals surface area (Å²) in [6, 6.07) is 10.7. The minimum absolute atomic E-state index is 0.0902. The third kappa shape index (κ3) is 5.33. The van der Waals surface area contributed by atoms with Crippen molar-refractivity contribution < 1.29 is 32.9 Å². The minimum atomic E-state index is -0.739. The van der Waals surface area contributed by atoms with Gasteiger partial charge in [-0.1, -0.05) is 13.8 Å². The number of methoxy groups -OCH3 is 2. The van der Waals surface area contributed by atoms with Crippen molar-refractivity contribution in [1.29, 1.82) is 0 Å². The van der Waals surface area contributed by atoms with Crippen LogP contribution in [0.5, 0.6) is 28.9 Å². The topological polar surface area (TPSA) is 129 Å². The van der Waals surface area contributed by atoms with E-state index in [-0.39, 0.29) is 40.3 Å². The van der Waals surface area contributed by atoms with E-state index in [0.29, 0.717) is 33.8 Å². The van der Waals surface area contributed by atoms with Crippen molar-refractivity contribution in [3.8, 4) is 40.2 Å². The first-order valence-corrected chi connectivity index (χ1v) is 12.6. The van der Waals surface area contributed by atoms with Crippen molar-refractivity contribution in [3.63, 3.8) is 0 Å². The number of rotatable bonds is 8. The van der Waals surface area contributed by atoms with Gasteiger partial charge in [-0.05, 0) is 31.2 Å². The zero-order valence-electron chi connectivity index (χ0n) is 23.0. The molecule has 5 rings (SSSR count). The fraction of sp³-hybridized carbons (Fsp3) is 0.200. The second-order valence-corrected chi connectivity index (χ2v) is 9.42. The molecule has 0 radical (unpaired) electrons. The highest BCUT2D eigenvalue weighted by Crippen LogP contribution is 2.38. The number of hydrogen-bond acceptors (Lipinski definition) is 9. The Labute approximate surface area is 234 Å². The monoisotopic (exact) mass is 558 g/mol. The van der Waals surface area contributed by atoms with Crippen LogP contribution in [0, 0.1) is 12.7 Å². The Morgan fingerprint density at radius 3 is 2.51 bits per heavy atom. The third-order valence-electron chi connectivity index (χ3n) is 6.36. The molecule has 11 heteroatoms. The molecule has 0 aliphatic rings. The standard InChI is InChI=1S/C30H27FN4O6/c1-15(2)21-8-9-23(40-21)26-16(3)33-14-18(28(26)36)29(37)34-17-6-7-22(19(31)12-17)41-24-10-11-32-20-13-25(38-4)30(39-5)35-27(20)24/h6-15H,1-5H3,(H,33,36)(H,34,37). The first-order chi connectivity index (χ1) is 19.7. The lowest BCUT2D eigenvalue weighted by molar-refractivity contribution is 0.102. The molecule has 0 spiro atoms. The average Bonchev–Trinajstić information content (AvgIpc) is 3.44. The van der Waals surface area contributed by atoms with E-state index >= 15 is 4.39 Å². The molecule has 0 saturated carbocycles. The van der Waals surface area contributed by atoms with Crippen molar-refractivity contribution in [2.24, 2.45) is 0 Å². The molecule has 4 aromatic heterocycles. The second-order valence-electron chi connectivity index (χ2n) is 9.42. The third-order valence-corrected chi connectivity index (χ3v) is 6.36. The Bertz CT molecular complexity index is 1770. The quantitative estimate of drug-likeness (QED) is 0.216. The van der Waals surface area contributed by atoms with E-state index in [4.69, 9.17) is 18.6 Å². The molecule has 1 amide bonds. The van der Waals surface area contributed by atoms with E-state index in [0.717, 1.165) is 11.8 Å². The number of aryl methyl sites for hydroxylation is 1. The van der Waals surface area contributed by atoms with Crippen LogP contribution in [-0.2, 0) is 0 Å². The van der Waals surface area contributed by atoms with Gasteiger partial charge in [0.1, 0.15) is 28.4 Å². The molecule has 0 atom stereocenters. The Kier molecular flexibility index (Phi) is 7.43. The lowest BCUT2D eigenvalue weighted by Gasteiger charge is -2.13. The van der Waals surface area contributed by atoms with Crippen molar-refractivity contribution >= 4 is 22.6 Å². The van der Waals surface area contributed by atoms with Crippen LogP contribution in [0.3, 0.4) is 0 Å². The maximum Gasteiger partial charge on any atom is 0.261 e. The van der Waals surface area contributed by atoms with Gasteiger partial charge in [-0.3, -0.25) is 14.8 Å². The summed E-state index contributed by atoms with van der Waals surface area (Å²) < 4.78 is 37.3. The van der Waals surface area contributed by atoms with Gasteiger partial charge in [0.25, 0.3) is 11.8 Å². The lowest BCUT2D eigenvalue weighted by Crippen LogP contribution is -2.13. The van der Waals surface area contributed by atoms with E-state index < -0.39 is 11.7 Å². The van der Waals surface area contributed by atoms with Crippen LogP contribution >= 0.6 is 0 Å². The highest BCUT2D eigenvalue weighted by Gasteiger charge is 2.22. The Morgan fingerprint density at radius 2 is 1.83 bits per heavy atom. The molecule has 4 heterocycles. The number of nitrogens with one attached hydrogen (secondary N) is 1. The summed E-state index contributed by atoms with van der Waals surface area (Å²) in [6.45, 7) is 5.67. The molecule has 0 aliphatic heterocycles. The number of aromatic nitrogens is 3. The molecular weight excluding hydrogens is 531 g/mol. The molecule has 210 valence electrons. The average molecular weight is 559 g/mol. The smallest absolute Gasteiger partial charge is 0.261 e. The van der Waals surface area contributed by atoms with E-state index in [1.807, 2.05) is 19.9 Å². The summed E-state index contributed by atoms with van der Waals surface area (Å²) in [7, 11) is 2.94. The predicted octanol–water partition coefficient (Wildman–Crippen LogP) is 6.62. The van der Waals surface area contributed by atoms with Gasteiger partial charge in [-0.2, -0.15) is 0 Å². The number of carbonyl (C=O) groups is 1. The summed E-state index contributed by atoms with van der Waals surface area (Å²) in [5, 5.41) is 13.5. The van der Waals surface area contributed by atoms with Crippen molar-refractivity contribution in [1.82, 2.24) is 15.0 Å². The molecular formula is C30H27FN4O6. The molecule has 0 saturated heterocycles. The van der Waals surface area contributed by atoms with E-state index in [1.165, 1.54) is 38.7 Å². The maximum atomic E-state index is 15.1. The van der Waals surface area contributed by atoms with Gasteiger partial charge >= 0.3 is 0 Å². The SMILES string of the molecule is COc1cc2nccc(Oc3ccc(NC(=O)c4cnc(C)c(-c5ccc(C(C)C)o5)c4O)cc3F)c2nc1OC. The van der Waals surface area contributed by atoms with Gasteiger partial charge < -0.3 is 29.1 Å². The van der Waals surface area contributed by atoms with Crippen LogP contribution < -0.4 is 19.5 Å². The van der Waals surface area contributed by atoms with Crippen LogP contribution in [0.4, 0.5) is 10.1 Å². The number of aromatic hydroxyl groups is 1. The number of benzene rings is 1. The number of ether oxygens (including phenoxy) is 3. The van der Waals surface area contributed by atoms with E-state index in [9.17, 15) is 9.90 Å². The van der Waals surface area contributed by atoms with E-state index in [1.54, 1.807) is 25.1 Å². The largest absolute Gasteiger partial charge is 0.506 e. The summed E-state index contributed by atoms with van der Waals surface area (Å²) in [6.07, 6.45) is 2.76. The number of nitrogens with zero attached hydrogens (tertiary/aromatic N) is 3. The number of pyridine rings is 3. The minimum Gasteiger partial charge on any atom is -0.506 e. The van der Waals surface area contributed by atoms with Gasteiger partial charge in [-0.15, -0.1) is 0 Å². The number of furan rings is 1. The number of halogens is 1. The first kappa shape index (κ1) is 27.4. The van der Waals surface area contributed by atoms with Gasteiger partial charge in [-0.25, -0.2) is 9.37 Å². The van der Waals surface area contributed by atoms with Crippen molar-refractivity contribution in [2.75, 3.05) is 19.5 Å². The highest BCUT2D eigenvalue weighted by molar-refractivity contribution is 6.07. The fourth-order valence-corrected chi connectivity index (χ4v) is 4.22. The fourth-order valence-electron chi connectivity index (χ4n) is 4.22. The Balaban J connectivity index is 1.39. The van der Waals surface area contributed by atoms with Crippen LogP contribution in [0.1, 0.15) is 41.6 Å². The van der Waals surface area contributed by atoms with Gasteiger partial charge in [0.15, 0.2) is 23.1 Å². The Hall–Kier alpha value is -5.19. The second kappa shape index (κ2) is 11.1. The number of hydrogen-bond donors (Lipinski definition) is 2. The van der Waals surface area contributed by atoms with Gasteiger partial charge in [0, 0.05) is 42.2 Å². The molecule has 10 nitrogen and oxygen atoms in total. The maximum absolute atomic E-state index is 15.1. The molecule has 5 aromatic rings. The molecule has 0 fully saturated rings. The normalized spacial score (nSPS) is 11.1.